The maximum atomic E-state index is 11.8. The van der Waals surface area contributed by atoms with E-state index in [4.69, 9.17) is 10.00 Å². The first kappa shape index (κ1) is 15.4. The van der Waals surface area contributed by atoms with Crippen LogP contribution in [0.2, 0.25) is 0 Å². The first-order chi connectivity index (χ1) is 8.08. The minimum Gasteiger partial charge on any atom is -0.383 e. The van der Waals surface area contributed by atoms with Crippen LogP contribution in [0.4, 0.5) is 0 Å². The first-order valence-electron chi connectivity index (χ1n) is 5.53. The largest absolute Gasteiger partial charge is 0.383 e. The van der Waals surface area contributed by atoms with E-state index in [-0.39, 0.29) is 12.6 Å². The maximum Gasteiger partial charge on any atom is 0.312 e. The van der Waals surface area contributed by atoms with Crippen molar-refractivity contribution in [2.45, 2.75) is 26.3 Å². The van der Waals surface area contributed by atoms with Crippen LogP contribution in [0.1, 0.15) is 20.3 Å². The van der Waals surface area contributed by atoms with Gasteiger partial charge < -0.3 is 15.0 Å². The molecule has 0 aliphatic rings. The van der Waals surface area contributed by atoms with Crippen molar-refractivity contribution in [3.63, 3.8) is 0 Å². The summed E-state index contributed by atoms with van der Waals surface area (Å²) in [5, 5.41) is 10.6. The molecule has 0 aromatic rings. The summed E-state index contributed by atoms with van der Waals surface area (Å²) in [6.45, 7) is 4.38. The van der Waals surface area contributed by atoms with E-state index in [1.54, 1.807) is 6.07 Å². The fourth-order valence-corrected chi connectivity index (χ4v) is 1.26. The number of rotatable bonds is 6. The Balaban J connectivity index is 4.51. The van der Waals surface area contributed by atoms with Crippen molar-refractivity contribution in [2.75, 3.05) is 26.8 Å². The number of methoxy groups -OCH3 is 1. The lowest BCUT2D eigenvalue weighted by atomic mass is 10.2. The lowest BCUT2D eigenvalue weighted by Crippen LogP contribution is -2.48. The van der Waals surface area contributed by atoms with Gasteiger partial charge in [-0.3, -0.25) is 9.59 Å². The van der Waals surface area contributed by atoms with Gasteiger partial charge in [0.2, 0.25) is 0 Å². The monoisotopic (exact) mass is 241 g/mol. The van der Waals surface area contributed by atoms with Crippen LogP contribution >= 0.6 is 0 Å². The van der Waals surface area contributed by atoms with E-state index in [1.165, 1.54) is 12.0 Å². The SMILES string of the molecule is CCC(C)N(CCOC)C(=O)C(=O)NCC#N. The lowest BCUT2D eigenvalue weighted by molar-refractivity contribution is -0.147. The van der Waals surface area contributed by atoms with E-state index in [9.17, 15) is 9.59 Å². The van der Waals surface area contributed by atoms with Gasteiger partial charge in [0, 0.05) is 19.7 Å². The van der Waals surface area contributed by atoms with Crippen LogP contribution in [0.5, 0.6) is 0 Å². The Kier molecular flexibility index (Phi) is 7.72. The van der Waals surface area contributed by atoms with Crippen molar-refractivity contribution in [1.82, 2.24) is 10.2 Å². The minimum absolute atomic E-state index is 0.0366. The summed E-state index contributed by atoms with van der Waals surface area (Å²) in [6, 6.07) is 1.71. The first-order valence-corrected chi connectivity index (χ1v) is 5.53. The van der Waals surface area contributed by atoms with Gasteiger partial charge in [-0.25, -0.2) is 0 Å². The Hall–Kier alpha value is -1.61. The molecule has 1 atom stereocenters. The van der Waals surface area contributed by atoms with Gasteiger partial charge in [0.15, 0.2) is 0 Å². The third-order valence-electron chi connectivity index (χ3n) is 2.44. The Morgan fingerprint density at radius 1 is 1.53 bits per heavy atom. The van der Waals surface area contributed by atoms with Gasteiger partial charge in [0.1, 0.15) is 6.54 Å². The van der Waals surface area contributed by atoms with Crippen molar-refractivity contribution >= 4 is 11.8 Å². The van der Waals surface area contributed by atoms with Crippen molar-refractivity contribution in [2.24, 2.45) is 0 Å². The van der Waals surface area contributed by atoms with E-state index < -0.39 is 11.8 Å². The maximum absolute atomic E-state index is 11.8. The normalized spacial score (nSPS) is 11.4. The molecule has 1 unspecified atom stereocenters. The minimum atomic E-state index is -0.747. The molecule has 1 N–H and O–H groups in total. The fraction of sp³-hybridized carbons (Fsp3) is 0.727. The zero-order valence-corrected chi connectivity index (χ0v) is 10.5. The molecule has 0 bridgehead atoms. The van der Waals surface area contributed by atoms with E-state index in [0.29, 0.717) is 13.2 Å². The second kappa shape index (κ2) is 8.53. The number of carbonyl (C=O) groups is 2. The molecule has 2 amide bonds. The van der Waals surface area contributed by atoms with Crippen LogP contribution in [0.15, 0.2) is 0 Å². The van der Waals surface area contributed by atoms with Crippen LogP contribution in [-0.2, 0) is 14.3 Å². The zero-order chi connectivity index (χ0) is 13.3. The number of nitriles is 1. The average molecular weight is 241 g/mol. The van der Waals surface area contributed by atoms with E-state index in [1.807, 2.05) is 13.8 Å². The van der Waals surface area contributed by atoms with Gasteiger partial charge >= 0.3 is 11.8 Å². The Morgan fingerprint density at radius 3 is 2.65 bits per heavy atom. The summed E-state index contributed by atoms with van der Waals surface area (Å²) in [4.78, 5) is 24.7. The molecule has 0 saturated heterocycles. The fourth-order valence-electron chi connectivity index (χ4n) is 1.26. The molecule has 0 aliphatic carbocycles. The van der Waals surface area contributed by atoms with E-state index in [2.05, 4.69) is 5.32 Å². The zero-order valence-electron chi connectivity index (χ0n) is 10.5. The quantitative estimate of drug-likeness (QED) is 0.520. The molecule has 0 fully saturated rings. The molecule has 17 heavy (non-hydrogen) atoms. The summed E-state index contributed by atoms with van der Waals surface area (Å²) < 4.78 is 4.90. The molecule has 96 valence electrons. The Bertz CT molecular complexity index is 299. The number of nitrogens with zero attached hydrogens (tertiary/aromatic N) is 2. The van der Waals surface area contributed by atoms with Gasteiger partial charge in [-0.05, 0) is 13.3 Å². The third-order valence-corrected chi connectivity index (χ3v) is 2.44. The summed E-state index contributed by atoms with van der Waals surface area (Å²) in [5.41, 5.74) is 0. The van der Waals surface area contributed by atoms with Gasteiger partial charge in [0.05, 0.1) is 12.7 Å². The number of carbonyl (C=O) groups excluding carboxylic acids is 2. The predicted octanol–water partition coefficient (Wildman–Crippen LogP) is -0.100. The smallest absolute Gasteiger partial charge is 0.312 e. The molecule has 0 heterocycles. The molecule has 0 aromatic heterocycles. The molecule has 0 aliphatic heterocycles. The van der Waals surface area contributed by atoms with Crippen LogP contribution in [-0.4, -0.2) is 49.6 Å². The molecule has 0 rings (SSSR count). The van der Waals surface area contributed by atoms with E-state index >= 15 is 0 Å². The van der Waals surface area contributed by atoms with E-state index in [0.717, 1.165) is 6.42 Å². The molecular weight excluding hydrogens is 222 g/mol. The van der Waals surface area contributed by atoms with Gasteiger partial charge in [0.25, 0.3) is 0 Å². The molecule has 0 radical (unpaired) electrons. The number of nitrogens with one attached hydrogen (secondary N) is 1. The number of ether oxygens (including phenoxy) is 1. The second-order valence-electron chi connectivity index (χ2n) is 3.59. The topological polar surface area (TPSA) is 82.4 Å². The summed E-state index contributed by atoms with van der Waals surface area (Å²) in [6.07, 6.45) is 0.751. The molecule has 6 nitrogen and oxygen atoms in total. The third kappa shape index (κ3) is 5.31. The van der Waals surface area contributed by atoms with Crippen LogP contribution < -0.4 is 5.32 Å². The van der Waals surface area contributed by atoms with Crippen molar-refractivity contribution in [3.8, 4) is 6.07 Å². The van der Waals surface area contributed by atoms with Crippen molar-refractivity contribution in [1.29, 1.82) is 5.26 Å². The Labute approximate surface area is 102 Å². The molecule has 0 saturated carbocycles. The standard InChI is InChI=1S/C11H19N3O3/c1-4-9(2)14(7-8-17-3)11(16)10(15)13-6-5-12/h9H,4,6-8H2,1-3H3,(H,13,15). The predicted molar refractivity (Wildman–Crippen MR) is 62.0 cm³/mol. The van der Waals surface area contributed by atoms with Gasteiger partial charge in [-0.1, -0.05) is 6.92 Å². The Morgan fingerprint density at radius 2 is 2.18 bits per heavy atom. The van der Waals surface area contributed by atoms with Crippen LogP contribution in [0.25, 0.3) is 0 Å². The van der Waals surface area contributed by atoms with Gasteiger partial charge in [-0.15, -0.1) is 0 Å². The van der Waals surface area contributed by atoms with Crippen LogP contribution in [0, 0.1) is 11.3 Å². The highest BCUT2D eigenvalue weighted by atomic mass is 16.5. The summed E-state index contributed by atoms with van der Waals surface area (Å²) in [5.74, 6) is -1.37. The number of hydrogen-bond donors (Lipinski definition) is 1. The molecule has 0 spiro atoms. The number of hydrogen-bond acceptors (Lipinski definition) is 4. The van der Waals surface area contributed by atoms with Crippen LogP contribution in [0.3, 0.4) is 0 Å². The molecule has 6 heteroatoms. The highest BCUT2D eigenvalue weighted by Gasteiger charge is 2.24. The lowest BCUT2D eigenvalue weighted by Gasteiger charge is -2.27. The molecule has 0 aromatic carbocycles. The number of amides is 2. The second-order valence-corrected chi connectivity index (χ2v) is 3.59. The van der Waals surface area contributed by atoms with Crippen molar-refractivity contribution < 1.29 is 14.3 Å². The summed E-state index contributed by atoms with van der Waals surface area (Å²) in [7, 11) is 1.54. The highest BCUT2D eigenvalue weighted by Crippen LogP contribution is 2.03. The van der Waals surface area contributed by atoms with Crippen molar-refractivity contribution in [3.05, 3.63) is 0 Å². The summed E-state index contributed by atoms with van der Waals surface area (Å²) >= 11 is 0. The molecular formula is C11H19N3O3. The van der Waals surface area contributed by atoms with Gasteiger partial charge in [-0.2, -0.15) is 5.26 Å². The highest BCUT2D eigenvalue weighted by molar-refractivity contribution is 6.35. The average Bonchev–Trinajstić information content (AvgIpc) is 2.35.